The number of anilines is 1. The van der Waals surface area contributed by atoms with Crippen LogP contribution in [0.2, 0.25) is 0 Å². The Balaban J connectivity index is 1.50. The van der Waals surface area contributed by atoms with E-state index < -0.39 is 0 Å². The average molecular weight is 449 g/mol. The molecule has 7 nitrogen and oxygen atoms in total. The van der Waals surface area contributed by atoms with Crippen molar-refractivity contribution in [1.29, 1.82) is 0 Å². The van der Waals surface area contributed by atoms with E-state index >= 15 is 0 Å². The summed E-state index contributed by atoms with van der Waals surface area (Å²) >= 11 is 1.36. The first-order valence-corrected chi connectivity index (χ1v) is 11.2. The lowest BCUT2D eigenvalue weighted by atomic mass is 10.1. The number of ether oxygens (including phenoxy) is 2. The topological polar surface area (TPSA) is 77.8 Å². The van der Waals surface area contributed by atoms with Crippen molar-refractivity contribution in [2.75, 3.05) is 25.3 Å². The summed E-state index contributed by atoms with van der Waals surface area (Å²) in [5, 5.41) is 8.29. The molecular weight excluding hydrogens is 424 g/mol. The number of carbonyl (C=O) groups excluding carboxylic acids is 1. The summed E-state index contributed by atoms with van der Waals surface area (Å²) < 4.78 is 12.4. The molecule has 4 rings (SSSR count). The van der Waals surface area contributed by atoms with Crippen molar-refractivity contribution in [3.05, 3.63) is 66.5 Å². The molecule has 0 unspecified atom stereocenters. The summed E-state index contributed by atoms with van der Waals surface area (Å²) in [5.74, 6) is 1.23. The van der Waals surface area contributed by atoms with Gasteiger partial charge in [-0.25, -0.2) is 9.50 Å². The minimum Gasteiger partial charge on any atom is -0.497 e. The van der Waals surface area contributed by atoms with Gasteiger partial charge in [-0.05, 0) is 30.2 Å². The molecule has 1 N–H and O–H groups in total. The van der Waals surface area contributed by atoms with Crippen LogP contribution >= 0.6 is 11.8 Å². The van der Waals surface area contributed by atoms with Gasteiger partial charge in [0.25, 0.3) is 0 Å². The van der Waals surface area contributed by atoms with E-state index in [-0.39, 0.29) is 11.7 Å². The van der Waals surface area contributed by atoms with Gasteiger partial charge in [-0.3, -0.25) is 4.79 Å². The molecule has 4 aromatic rings. The molecule has 1 amide bonds. The van der Waals surface area contributed by atoms with E-state index in [2.05, 4.69) is 46.6 Å². The highest BCUT2D eigenvalue weighted by molar-refractivity contribution is 8.00. The number of benzene rings is 2. The standard InChI is InChI=1S/C24H24N4O3S/c1-4-16-5-7-17(8-6-16)19-14-21-24(25-11-12-28(21)27-19)32-15-23(29)26-20-13-18(30-2)9-10-22(20)31-3/h5-14H,4,15H2,1-3H3,(H,26,29). The Morgan fingerprint density at radius 2 is 1.91 bits per heavy atom. The first kappa shape index (κ1) is 21.7. The quantitative estimate of drug-likeness (QED) is 0.394. The monoisotopic (exact) mass is 448 g/mol. The summed E-state index contributed by atoms with van der Waals surface area (Å²) in [6.45, 7) is 2.13. The van der Waals surface area contributed by atoms with Crippen LogP contribution < -0.4 is 14.8 Å². The normalized spacial score (nSPS) is 10.8. The van der Waals surface area contributed by atoms with E-state index in [1.807, 2.05) is 12.3 Å². The molecule has 8 heteroatoms. The van der Waals surface area contributed by atoms with E-state index in [1.54, 1.807) is 43.1 Å². The Morgan fingerprint density at radius 1 is 1.09 bits per heavy atom. The lowest BCUT2D eigenvalue weighted by Gasteiger charge is -2.11. The second-order valence-corrected chi connectivity index (χ2v) is 8.01. The Morgan fingerprint density at radius 3 is 2.62 bits per heavy atom. The van der Waals surface area contributed by atoms with Crippen molar-refractivity contribution in [3.8, 4) is 22.8 Å². The van der Waals surface area contributed by atoms with E-state index in [0.29, 0.717) is 17.2 Å². The van der Waals surface area contributed by atoms with Crippen LogP contribution in [0.15, 0.2) is 66.0 Å². The first-order chi connectivity index (χ1) is 15.6. The molecule has 164 valence electrons. The highest BCUT2D eigenvalue weighted by Crippen LogP contribution is 2.30. The van der Waals surface area contributed by atoms with Gasteiger partial charge < -0.3 is 14.8 Å². The maximum Gasteiger partial charge on any atom is 0.234 e. The van der Waals surface area contributed by atoms with Gasteiger partial charge in [0, 0.05) is 24.0 Å². The number of aryl methyl sites for hydroxylation is 1. The van der Waals surface area contributed by atoms with Crippen molar-refractivity contribution in [2.24, 2.45) is 0 Å². The predicted octanol–water partition coefficient (Wildman–Crippen LogP) is 4.71. The minimum atomic E-state index is -0.166. The van der Waals surface area contributed by atoms with Crippen LogP contribution in [0.4, 0.5) is 5.69 Å². The Labute approximate surface area is 190 Å². The molecule has 2 heterocycles. The average Bonchev–Trinajstić information content (AvgIpc) is 3.27. The Hall–Kier alpha value is -3.52. The second-order valence-electron chi connectivity index (χ2n) is 7.05. The fraction of sp³-hybridized carbons (Fsp3) is 0.208. The van der Waals surface area contributed by atoms with Crippen LogP contribution in [0.5, 0.6) is 11.5 Å². The number of hydrogen-bond acceptors (Lipinski definition) is 6. The fourth-order valence-electron chi connectivity index (χ4n) is 3.29. The first-order valence-electron chi connectivity index (χ1n) is 10.2. The largest absolute Gasteiger partial charge is 0.497 e. The van der Waals surface area contributed by atoms with Gasteiger partial charge in [0.1, 0.15) is 16.5 Å². The number of aromatic nitrogens is 3. The molecule has 32 heavy (non-hydrogen) atoms. The Kier molecular flexibility index (Phi) is 6.61. The Bertz CT molecular complexity index is 1240. The smallest absolute Gasteiger partial charge is 0.234 e. The van der Waals surface area contributed by atoms with Gasteiger partial charge in [-0.15, -0.1) is 0 Å². The van der Waals surface area contributed by atoms with Crippen LogP contribution in [-0.4, -0.2) is 40.5 Å². The third kappa shape index (κ3) is 4.70. The van der Waals surface area contributed by atoms with Crippen molar-refractivity contribution in [3.63, 3.8) is 0 Å². The second kappa shape index (κ2) is 9.74. The third-order valence-electron chi connectivity index (χ3n) is 5.03. The minimum absolute atomic E-state index is 0.166. The van der Waals surface area contributed by atoms with Gasteiger partial charge in [-0.1, -0.05) is 43.0 Å². The fourth-order valence-corrected chi connectivity index (χ4v) is 4.07. The highest BCUT2D eigenvalue weighted by atomic mass is 32.2. The lowest BCUT2D eigenvalue weighted by Crippen LogP contribution is -2.15. The van der Waals surface area contributed by atoms with Crippen molar-refractivity contribution >= 4 is 28.9 Å². The molecule has 0 saturated heterocycles. The zero-order valence-corrected chi connectivity index (χ0v) is 19.0. The molecule has 0 aliphatic carbocycles. The molecule has 0 saturated carbocycles. The van der Waals surface area contributed by atoms with Crippen molar-refractivity contribution in [2.45, 2.75) is 18.4 Å². The predicted molar refractivity (Wildman–Crippen MR) is 127 cm³/mol. The SMILES string of the molecule is CCc1ccc(-c2cc3c(SCC(=O)Nc4cc(OC)ccc4OC)nccn3n2)cc1. The van der Waals surface area contributed by atoms with Gasteiger partial charge in [0.2, 0.25) is 5.91 Å². The number of thioether (sulfide) groups is 1. The number of nitrogens with zero attached hydrogens (tertiary/aromatic N) is 3. The maximum atomic E-state index is 12.6. The number of hydrogen-bond donors (Lipinski definition) is 1. The van der Waals surface area contributed by atoms with Gasteiger partial charge in [0.15, 0.2) is 0 Å². The lowest BCUT2D eigenvalue weighted by molar-refractivity contribution is -0.113. The summed E-state index contributed by atoms with van der Waals surface area (Å²) in [4.78, 5) is 17.1. The molecule has 0 aliphatic heterocycles. The molecule has 0 atom stereocenters. The maximum absolute atomic E-state index is 12.6. The number of amides is 1. The van der Waals surface area contributed by atoms with Gasteiger partial charge in [0.05, 0.1) is 36.9 Å². The molecule has 0 bridgehead atoms. The highest BCUT2D eigenvalue weighted by Gasteiger charge is 2.13. The molecule has 0 spiro atoms. The third-order valence-corrected chi connectivity index (χ3v) is 6.03. The summed E-state index contributed by atoms with van der Waals surface area (Å²) in [6.07, 6.45) is 4.50. The number of methoxy groups -OCH3 is 2. The number of fused-ring (bicyclic) bond motifs is 1. The van der Waals surface area contributed by atoms with Gasteiger partial charge >= 0.3 is 0 Å². The molecule has 2 aromatic heterocycles. The van der Waals surface area contributed by atoms with Crippen LogP contribution in [0.25, 0.3) is 16.8 Å². The zero-order chi connectivity index (χ0) is 22.5. The van der Waals surface area contributed by atoms with Crippen LogP contribution in [-0.2, 0) is 11.2 Å². The number of nitrogens with one attached hydrogen (secondary N) is 1. The van der Waals surface area contributed by atoms with Crippen LogP contribution in [0.1, 0.15) is 12.5 Å². The number of rotatable bonds is 8. The molecular formula is C24H24N4O3S. The summed E-state index contributed by atoms with van der Waals surface area (Å²) in [5.41, 5.74) is 4.62. The van der Waals surface area contributed by atoms with E-state index in [9.17, 15) is 4.79 Å². The molecule has 0 fully saturated rings. The van der Waals surface area contributed by atoms with Crippen LogP contribution in [0.3, 0.4) is 0 Å². The summed E-state index contributed by atoms with van der Waals surface area (Å²) in [7, 11) is 3.14. The molecule has 0 radical (unpaired) electrons. The summed E-state index contributed by atoms with van der Waals surface area (Å²) in [6, 6.07) is 15.7. The van der Waals surface area contributed by atoms with Crippen molar-refractivity contribution < 1.29 is 14.3 Å². The van der Waals surface area contributed by atoms with E-state index in [1.165, 1.54) is 17.3 Å². The molecule has 2 aromatic carbocycles. The van der Waals surface area contributed by atoms with Gasteiger partial charge in [-0.2, -0.15) is 5.10 Å². The van der Waals surface area contributed by atoms with Crippen molar-refractivity contribution in [1.82, 2.24) is 14.6 Å². The van der Waals surface area contributed by atoms with E-state index in [4.69, 9.17) is 9.47 Å². The number of carbonyl (C=O) groups is 1. The molecule has 0 aliphatic rings. The zero-order valence-electron chi connectivity index (χ0n) is 18.2. The van der Waals surface area contributed by atoms with Crippen LogP contribution in [0, 0.1) is 0 Å². The van der Waals surface area contributed by atoms with E-state index in [0.717, 1.165) is 28.2 Å².